The molecule has 1 aromatic heterocycles. The molecule has 2 heterocycles. The summed E-state index contributed by atoms with van der Waals surface area (Å²) >= 11 is 0. The first-order valence-corrected chi connectivity index (χ1v) is 6.33. The van der Waals surface area contributed by atoms with E-state index in [0.717, 1.165) is 12.8 Å². The number of rotatable bonds is 1. The van der Waals surface area contributed by atoms with Crippen molar-refractivity contribution in [1.29, 1.82) is 0 Å². The number of hydrogen-bond acceptors (Lipinski definition) is 4. The van der Waals surface area contributed by atoms with Crippen LogP contribution in [0.5, 0.6) is 0 Å². The lowest BCUT2D eigenvalue weighted by atomic mass is 10.1. The van der Waals surface area contributed by atoms with Gasteiger partial charge in [-0.2, -0.15) is 5.10 Å². The third kappa shape index (κ3) is 1.61. The van der Waals surface area contributed by atoms with Crippen molar-refractivity contribution < 1.29 is 8.42 Å². The molecule has 5 nitrogen and oxygen atoms in total. The van der Waals surface area contributed by atoms with E-state index in [2.05, 4.69) is 10.2 Å². The van der Waals surface area contributed by atoms with E-state index in [4.69, 9.17) is 5.73 Å². The summed E-state index contributed by atoms with van der Waals surface area (Å²) in [5.41, 5.74) is 6.06. The molecule has 0 spiro atoms. The van der Waals surface area contributed by atoms with Crippen LogP contribution < -0.4 is 5.73 Å². The zero-order chi connectivity index (χ0) is 10.2. The number of hydrogen-bond donors (Lipinski definition) is 2. The Bertz CT molecular complexity index is 424. The minimum absolute atomic E-state index is 0.274. The van der Waals surface area contributed by atoms with Crippen molar-refractivity contribution in [2.24, 2.45) is 0 Å². The molecular formula is C8H13N3O2S. The molecule has 0 aliphatic carbocycles. The summed E-state index contributed by atoms with van der Waals surface area (Å²) in [5, 5.41) is 5.99. The van der Waals surface area contributed by atoms with Crippen LogP contribution in [0.15, 0.2) is 6.07 Å². The van der Waals surface area contributed by atoms with Gasteiger partial charge < -0.3 is 5.73 Å². The van der Waals surface area contributed by atoms with Crippen molar-refractivity contribution in [3.05, 3.63) is 11.8 Å². The van der Waals surface area contributed by atoms with Crippen LogP contribution in [0.25, 0.3) is 0 Å². The molecule has 0 saturated carbocycles. The Morgan fingerprint density at radius 2 is 2.29 bits per heavy atom. The van der Waals surface area contributed by atoms with Crippen LogP contribution in [-0.2, 0) is 9.84 Å². The summed E-state index contributed by atoms with van der Waals surface area (Å²) in [7, 11) is -2.99. The van der Waals surface area contributed by atoms with Gasteiger partial charge in [0, 0.05) is 6.07 Å². The molecule has 1 fully saturated rings. The zero-order valence-electron chi connectivity index (χ0n) is 7.73. The van der Waals surface area contributed by atoms with Crippen molar-refractivity contribution in [3.8, 4) is 0 Å². The molecule has 3 N–H and O–H groups in total. The Hall–Kier alpha value is -1.04. The van der Waals surface area contributed by atoms with E-state index in [1.54, 1.807) is 6.07 Å². The third-order valence-electron chi connectivity index (χ3n) is 2.54. The summed E-state index contributed by atoms with van der Waals surface area (Å²) < 4.78 is 23.4. The van der Waals surface area contributed by atoms with Crippen LogP contribution in [0.1, 0.15) is 30.2 Å². The van der Waals surface area contributed by atoms with E-state index in [-0.39, 0.29) is 5.75 Å². The molecule has 78 valence electrons. The van der Waals surface area contributed by atoms with Gasteiger partial charge in [0.15, 0.2) is 9.84 Å². The van der Waals surface area contributed by atoms with Crippen molar-refractivity contribution >= 4 is 15.7 Å². The molecular weight excluding hydrogens is 202 g/mol. The number of nitrogens with one attached hydrogen (secondary N) is 1. The number of anilines is 1. The van der Waals surface area contributed by atoms with Gasteiger partial charge in [0.05, 0.1) is 11.4 Å². The topological polar surface area (TPSA) is 88.8 Å². The van der Waals surface area contributed by atoms with Gasteiger partial charge in [-0.1, -0.05) is 6.42 Å². The van der Waals surface area contributed by atoms with E-state index >= 15 is 0 Å². The van der Waals surface area contributed by atoms with Crippen LogP contribution in [0, 0.1) is 0 Å². The molecule has 1 aromatic rings. The molecule has 0 aromatic carbocycles. The molecule has 1 atom stereocenters. The van der Waals surface area contributed by atoms with Crippen LogP contribution in [0.3, 0.4) is 0 Å². The average molecular weight is 215 g/mol. The Morgan fingerprint density at radius 1 is 1.50 bits per heavy atom. The monoisotopic (exact) mass is 215 g/mol. The summed E-state index contributed by atoms with van der Waals surface area (Å²) in [4.78, 5) is 0. The number of nitrogens with zero attached hydrogens (tertiary/aromatic N) is 1. The van der Waals surface area contributed by atoms with Gasteiger partial charge >= 0.3 is 0 Å². The second-order valence-corrected chi connectivity index (χ2v) is 5.90. The lowest BCUT2D eigenvalue weighted by molar-refractivity contribution is 0.542. The van der Waals surface area contributed by atoms with Gasteiger partial charge in [-0.3, -0.25) is 5.10 Å². The predicted octanol–water partition coefficient (Wildman–Crippen LogP) is 0.632. The van der Waals surface area contributed by atoms with Crippen LogP contribution in [-0.4, -0.2) is 24.4 Å². The molecule has 0 amide bonds. The van der Waals surface area contributed by atoms with Gasteiger partial charge in [-0.25, -0.2) is 8.42 Å². The summed E-state index contributed by atoms with van der Waals surface area (Å²) in [6, 6.07) is 1.60. The summed E-state index contributed by atoms with van der Waals surface area (Å²) in [6.45, 7) is 0. The minimum atomic E-state index is -2.99. The fourth-order valence-corrected chi connectivity index (χ4v) is 3.75. The van der Waals surface area contributed by atoms with Crippen molar-refractivity contribution in [2.45, 2.75) is 24.5 Å². The van der Waals surface area contributed by atoms with Crippen molar-refractivity contribution in [1.82, 2.24) is 10.2 Å². The highest BCUT2D eigenvalue weighted by molar-refractivity contribution is 7.91. The second kappa shape index (κ2) is 3.27. The second-order valence-electron chi connectivity index (χ2n) is 3.60. The number of sulfone groups is 1. The first-order chi connectivity index (χ1) is 6.59. The third-order valence-corrected chi connectivity index (χ3v) is 4.76. The smallest absolute Gasteiger partial charge is 0.158 e. The van der Waals surface area contributed by atoms with Gasteiger partial charge in [0.1, 0.15) is 11.1 Å². The highest BCUT2D eigenvalue weighted by Gasteiger charge is 2.31. The summed E-state index contributed by atoms with van der Waals surface area (Å²) in [6.07, 6.45) is 2.38. The summed E-state index contributed by atoms with van der Waals surface area (Å²) in [5.74, 6) is 0.622. The fraction of sp³-hybridized carbons (Fsp3) is 0.625. The predicted molar refractivity (Wildman–Crippen MR) is 53.4 cm³/mol. The van der Waals surface area contributed by atoms with Gasteiger partial charge in [-0.15, -0.1) is 0 Å². The SMILES string of the molecule is Nc1cc(C2CCCCS2(=O)=O)[nH]n1. The molecule has 2 rings (SSSR count). The quantitative estimate of drug-likeness (QED) is 0.719. The molecule has 1 aliphatic rings. The standard InChI is InChI=1S/C8H13N3O2S/c9-8-5-6(10-11-8)7-3-1-2-4-14(7,12)13/h5,7H,1-4H2,(H3,9,10,11). The molecule has 1 saturated heterocycles. The molecule has 0 radical (unpaired) electrons. The lowest BCUT2D eigenvalue weighted by Gasteiger charge is -2.20. The number of nitrogens with two attached hydrogens (primary N) is 1. The zero-order valence-corrected chi connectivity index (χ0v) is 8.55. The number of H-pyrrole nitrogens is 1. The van der Waals surface area contributed by atoms with Crippen LogP contribution in [0.2, 0.25) is 0 Å². The van der Waals surface area contributed by atoms with E-state index in [1.165, 1.54) is 0 Å². The van der Waals surface area contributed by atoms with Crippen LogP contribution in [0.4, 0.5) is 5.82 Å². The van der Waals surface area contributed by atoms with E-state index in [0.29, 0.717) is 17.9 Å². The van der Waals surface area contributed by atoms with E-state index in [1.807, 2.05) is 0 Å². The number of aromatic amines is 1. The van der Waals surface area contributed by atoms with Gasteiger partial charge in [0.2, 0.25) is 0 Å². The number of nitrogen functional groups attached to an aromatic ring is 1. The molecule has 6 heteroatoms. The van der Waals surface area contributed by atoms with Crippen molar-refractivity contribution in [2.75, 3.05) is 11.5 Å². The largest absolute Gasteiger partial charge is 0.382 e. The van der Waals surface area contributed by atoms with Gasteiger partial charge in [0.25, 0.3) is 0 Å². The lowest BCUT2D eigenvalue weighted by Crippen LogP contribution is -2.21. The Labute approximate surface area is 82.6 Å². The molecule has 0 bridgehead atoms. The maximum Gasteiger partial charge on any atom is 0.158 e. The highest BCUT2D eigenvalue weighted by Crippen LogP contribution is 2.32. The van der Waals surface area contributed by atoms with E-state index in [9.17, 15) is 8.42 Å². The Morgan fingerprint density at radius 3 is 2.86 bits per heavy atom. The highest BCUT2D eigenvalue weighted by atomic mass is 32.2. The minimum Gasteiger partial charge on any atom is -0.382 e. The fourth-order valence-electron chi connectivity index (χ4n) is 1.82. The first kappa shape index (κ1) is 9.51. The van der Waals surface area contributed by atoms with Crippen molar-refractivity contribution in [3.63, 3.8) is 0 Å². The maximum absolute atomic E-state index is 11.7. The van der Waals surface area contributed by atoms with Crippen LogP contribution >= 0.6 is 0 Å². The van der Waals surface area contributed by atoms with E-state index < -0.39 is 15.1 Å². The first-order valence-electron chi connectivity index (χ1n) is 4.62. The average Bonchev–Trinajstić information content (AvgIpc) is 2.51. The Kier molecular flexibility index (Phi) is 2.22. The maximum atomic E-state index is 11.7. The van der Waals surface area contributed by atoms with Gasteiger partial charge in [-0.05, 0) is 12.8 Å². The molecule has 1 aliphatic heterocycles. The normalized spacial score (nSPS) is 26.1. The number of aromatic nitrogens is 2. The molecule has 14 heavy (non-hydrogen) atoms. The molecule has 1 unspecified atom stereocenters. The Balaban J connectivity index is 2.33.